The highest BCUT2D eigenvalue weighted by atomic mass is 32.1. The molecule has 0 radical (unpaired) electrons. The lowest BCUT2D eigenvalue weighted by Gasteiger charge is -2.26. The fourth-order valence-electron chi connectivity index (χ4n) is 9.58. The van der Waals surface area contributed by atoms with Crippen LogP contribution in [-0.2, 0) is 5.41 Å². The zero-order chi connectivity index (χ0) is 35.8. The first kappa shape index (κ1) is 31.9. The van der Waals surface area contributed by atoms with E-state index < -0.39 is 0 Å². The molecule has 0 saturated heterocycles. The Bertz CT molecular complexity index is 2850. The van der Waals surface area contributed by atoms with Crippen molar-refractivity contribution < 1.29 is 0 Å². The van der Waals surface area contributed by atoms with E-state index in [0.717, 1.165) is 6.42 Å². The van der Waals surface area contributed by atoms with Crippen molar-refractivity contribution >= 4 is 64.7 Å². The highest BCUT2D eigenvalue weighted by Crippen LogP contribution is 2.59. The van der Waals surface area contributed by atoms with Crippen LogP contribution in [0.25, 0.3) is 75.6 Å². The van der Waals surface area contributed by atoms with Gasteiger partial charge in [-0.3, -0.25) is 0 Å². The molecular formula is C52H40S. The fraction of sp³-hybridized carbons (Fsp3) is 0.115. The van der Waals surface area contributed by atoms with E-state index in [2.05, 4.69) is 179 Å². The Morgan fingerprint density at radius 3 is 1.96 bits per heavy atom. The smallest absolute Gasteiger partial charge is 0.0405 e. The minimum absolute atomic E-state index is 0.101. The van der Waals surface area contributed by atoms with Gasteiger partial charge in [0.05, 0.1) is 0 Å². The molecule has 1 heterocycles. The number of hydrogen-bond acceptors (Lipinski definition) is 1. The Morgan fingerprint density at radius 2 is 1.28 bits per heavy atom. The van der Waals surface area contributed by atoms with E-state index in [9.17, 15) is 0 Å². The van der Waals surface area contributed by atoms with E-state index in [-0.39, 0.29) is 11.3 Å². The van der Waals surface area contributed by atoms with Gasteiger partial charge in [-0.15, -0.1) is 11.3 Å². The van der Waals surface area contributed by atoms with Gasteiger partial charge in [0.1, 0.15) is 0 Å². The summed E-state index contributed by atoms with van der Waals surface area (Å²) in [5, 5.41) is 7.93. The number of hydrogen-bond donors (Lipinski definition) is 0. The molecule has 254 valence electrons. The highest BCUT2D eigenvalue weighted by molar-refractivity contribution is 7.26. The minimum Gasteiger partial charge on any atom is -0.135 e. The number of thiophene rings is 1. The fourth-order valence-corrected chi connectivity index (χ4v) is 11.1. The van der Waals surface area contributed by atoms with E-state index in [4.69, 9.17) is 0 Å². The maximum absolute atomic E-state index is 4.04. The summed E-state index contributed by atoms with van der Waals surface area (Å²) in [6.07, 6.45) is 12.5. The summed E-state index contributed by atoms with van der Waals surface area (Å²) >= 11 is 1.96. The molecule has 0 amide bonds. The molecular weight excluding hydrogens is 657 g/mol. The molecule has 0 nitrogen and oxygen atoms in total. The molecule has 8 aromatic rings. The summed E-state index contributed by atoms with van der Waals surface area (Å²) in [4.78, 5) is 0. The van der Waals surface area contributed by atoms with Crippen molar-refractivity contribution in [3.8, 4) is 22.3 Å². The van der Waals surface area contributed by atoms with Gasteiger partial charge < -0.3 is 0 Å². The van der Waals surface area contributed by atoms with Crippen LogP contribution in [0.2, 0.25) is 0 Å². The summed E-state index contributed by atoms with van der Waals surface area (Å²) in [5.41, 5.74) is 14.8. The third-order valence-electron chi connectivity index (χ3n) is 11.9. The van der Waals surface area contributed by atoms with E-state index in [1.807, 2.05) is 17.4 Å². The van der Waals surface area contributed by atoms with Crippen LogP contribution < -0.4 is 0 Å². The molecule has 0 aliphatic heterocycles. The maximum atomic E-state index is 4.04. The van der Waals surface area contributed by atoms with Gasteiger partial charge in [-0.05, 0) is 102 Å². The van der Waals surface area contributed by atoms with Crippen molar-refractivity contribution in [1.29, 1.82) is 0 Å². The van der Waals surface area contributed by atoms with Crippen molar-refractivity contribution in [3.63, 3.8) is 0 Å². The second-order valence-corrected chi connectivity index (χ2v) is 16.2. The summed E-state index contributed by atoms with van der Waals surface area (Å²) in [6.45, 7) is 11.2. The van der Waals surface area contributed by atoms with Gasteiger partial charge in [0.15, 0.2) is 0 Å². The second kappa shape index (κ2) is 12.2. The van der Waals surface area contributed by atoms with Gasteiger partial charge in [0.2, 0.25) is 0 Å². The van der Waals surface area contributed by atoms with Crippen LogP contribution in [0, 0.1) is 6.92 Å². The van der Waals surface area contributed by atoms with Crippen LogP contribution >= 0.6 is 11.3 Å². The first-order valence-electron chi connectivity index (χ1n) is 18.8. The average molecular weight is 697 g/mol. The number of aryl methyl sites for hydroxylation is 1. The second-order valence-electron chi connectivity index (χ2n) is 15.2. The summed E-state index contributed by atoms with van der Waals surface area (Å²) in [6, 6.07) is 47.1. The Balaban J connectivity index is 1.17. The van der Waals surface area contributed by atoms with Crippen molar-refractivity contribution in [1.82, 2.24) is 0 Å². The average Bonchev–Trinajstić information content (AvgIpc) is 3.69. The highest BCUT2D eigenvalue weighted by Gasteiger charge is 2.43. The Labute approximate surface area is 315 Å². The predicted molar refractivity (Wildman–Crippen MR) is 232 cm³/mol. The number of fused-ring (bicyclic) bond motifs is 9. The summed E-state index contributed by atoms with van der Waals surface area (Å²) < 4.78 is 2.80. The number of benzene rings is 7. The monoisotopic (exact) mass is 696 g/mol. The van der Waals surface area contributed by atoms with Crippen LogP contribution in [0.15, 0.2) is 164 Å². The van der Waals surface area contributed by atoms with Gasteiger partial charge in [0, 0.05) is 31.5 Å². The lowest BCUT2D eigenvalue weighted by Crippen LogP contribution is -2.17. The van der Waals surface area contributed by atoms with Gasteiger partial charge in [-0.1, -0.05) is 172 Å². The van der Waals surface area contributed by atoms with Crippen LogP contribution in [-0.4, -0.2) is 0 Å². The third kappa shape index (κ3) is 4.74. The predicted octanol–water partition coefficient (Wildman–Crippen LogP) is 15.0. The lowest BCUT2D eigenvalue weighted by molar-refractivity contribution is 0.657. The summed E-state index contributed by atoms with van der Waals surface area (Å²) in [5.74, 6) is 0.270. The molecule has 0 N–H and O–H groups in total. The first-order chi connectivity index (χ1) is 26.0. The van der Waals surface area contributed by atoms with Crippen LogP contribution in [0.1, 0.15) is 54.0 Å². The number of allylic oxidation sites excluding steroid dienone is 6. The molecule has 0 bridgehead atoms. The van der Waals surface area contributed by atoms with Crippen LogP contribution in [0.5, 0.6) is 0 Å². The standard InChI is InChI=1S/C52H40S/c1-5-6-21-37-32(2)46-42-26-14-15-27-45(42)53-51(46)50-49(37)43-31-35(28-29-44(43)52(50,3)4)34-19-16-20-36(30-34)48-40-24-12-10-22-38(40)47(33-17-8-7-9-18-33)39-23-11-13-25-41(39)48/h5-27,29-31,35H,1,28H2,2-4H3/b21-6-. The van der Waals surface area contributed by atoms with E-state index in [0.29, 0.717) is 0 Å². The molecule has 53 heavy (non-hydrogen) atoms. The maximum Gasteiger partial charge on any atom is 0.0405 e. The van der Waals surface area contributed by atoms with Gasteiger partial charge in [-0.25, -0.2) is 0 Å². The molecule has 2 aliphatic carbocycles. The SMILES string of the molecule is C=C/C=C\c1c2c(c3sc4ccccc4c3c1C)C(C)(C)C1=CCC(c3cccc(-c4c5ccccc5c(-c5ccccc5)c5ccccc45)c3)C=C12. The molecule has 1 heteroatoms. The van der Waals surface area contributed by atoms with E-state index >= 15 is 0 Å². The molecule has 7 aromatic carbocycles. The van der Waals surface area contributed by atoms with Gasteiger partial charge in [0.25, 0.3) is 0 Å². The normalized spacial score (nSPS) is 16.3. The lowest BCUT2D eigenvalue weighted by atomic mass is 9.77. The largest absolute Gasteiger partial charge is 0.135 e. The van der Waals surface area contributed by atoms with Crippen LogP contribution in [0.4, 0.5) is 0 Å². The topological polar surface area (TPSA) is 0 Å². The third-order valence-corrected chi connectivity index (χ3v) is 13.1. The van der Waals surface area contributed by atoms with E-state index in [1.54, 1.807) is 0 Å². The molecule has 0 fully saturated rings. The zero-order valence-electron chi connectivity index (χ0n) is 30.4. The van der Waals surface area contributed by atoms with Gasteiger partial charge in [-0.2, -0.15) is 0 Å². The molecule has 1 atom stereocenters. The van der Waals surface area contributed by atoms with Crippen LogP contribution in [0.3, 0.4) is 0 Å². The molecule has 1 unspecified atom stereocenters. The van der Waals surface area contributed by atoms with Crippen molar-refractivity contribution in [3.05, 3.63) is 192 Å². The van der Waals surface area contributed by atoms with Crippen molar-refractivity contribution in [2.75, 3.05) is 0 Å². The Morgan fingerprint density at radius 1 is 0.679 bits per heavy atom. The minimum atomic E-state index is -0.101. The Hall–Kier alpha value is -5.76. The molecule has 0 spiro atoms. The quantitative estimate of drug-likeness (QED) is 0.124. The molecule has 2 aliphatic rings. The Kier molecular flexibility index (Phi) is 7.32. The van der Waals surface area contributed by atoms with Crippen molar-refractivity contribution in [2.24, 2.45) is 0 Å². The molecule has 1 aromatic heterocycles. The summed E-state index contributed by atoms with van der Waals surface area (Å²) in [7, 11) is 0. The van der Waals surface area contributed by atoms with Gasteiger partial charge >= 0.3 is 0 Å². The first-order valence-corrected chi connectivity index (χ1v) is 19.6. The van der Waals surface area contributed by atoms with E-state index in [1.165, 1.54) is 103 Å². The molecule has 10 rings (SSSR count). The zero-order valence-corrected chi connectivity index (χ0v) is 31.2. The molecule has 0 saturated carbocycles. The number of rotatable bonds is 5. The van der Waals surface area contributed by atoms with Crippen molar-refractivity contribution in [2.45, 2.75) is 38.5 Å².